The summed E-state index contributed by atoms with van der Waals surface area (Å²) in [5.74, 6) is 0.935. The van der Waals surface area contributed by atoms with E-state index < -0.39 is 0 Å². The average molecular weight is 506 g/mol. The van der Waals surface area contributed by atoms with E-state index in [1.807, 2.05) is 25.2 Å². The first-order valence-electron chi connectivity index (χ1n) is 8.59. The molecule has 0 bridgehead atoms. The first-order chi connectivity index (χ1) is 12.2. The molecule has 142 valence electrons. The number of hydrogen-bond acceptors (Lipinski definition) is 4. The number of benzene rings is 1. The maximum atomic E-state index is 6.32. The number of aliphatic imine (C=N–C) groups is 1. The number of nitrogens with zero attached hydrogens (tertiary/aromatic N) is 4. The lowest BCUT2D eigenvalue weighted by Crippen LogP contribution is -2.52. The second kappa shape index (κ2) is 10.3. The monoisotopic (exact) mass is 505 g/mol. The summed E-state index contributed by atoms with van der Waals surface area (Å²) in [5.41, 5.74) is 2.19. The van der Waals surface area contributed by atoms with Gasteiger partial charge < -0.3 is 15.1 Å². The van der Waals surface area contributed by atoms with Crippen LogP contribution in [0.3, 0.4) is 0 Å². The van der Waals surface area contributed by atoms with Crippen molar-refractivity contribution in [3.8, 4) is 0 Å². The van der Waals surface area contributed by atoms with Crippen molar-refractivity contribution in [2.45, 2.75) is 19.9 Å². The largest absolute Gasteiger partial charge is 0.367 e. The van der Waals surface area contributed by atoms with E-state index >= 15 is 0 Å². The molecule has 0 spiro atoms. The highest BCUT2D eigenvalue weighted by molar-refractivity contribution is 14.0. The molecule has 1 aromatic heterocycles. The summed E-state index contributed by atoms with van der Waals surface area (Å²) in [7, 11) is 1.83. The molecule has 0 radical (unpaired) electrons. The zero-order valence-corrected chi connectivity index (χ0v) is 19.0. The molecule has 2 heterocycles. The quantitative estimate of drug-likeness (QED) is 0.389. The molecular formula is C18H25ClIN5S. The summed E-state index contributed by atoms with van der Waals surface area (Å²) < 4.78 is 0. The minimum absolute atomic E-state index is 0. The molecule has 1 N–H and O–H groups in total. The Kier molecular flexibility index (Phi) is 8.43. The highest BCUT2D eigenvalue weighted by atomic mass is 127. The van der Waals surface area contributed by atoms with Gasteiger partial charge in [-0.05, 0) is 18.6 Å². The van der Waals surface area contributed by atoms with Gasteiger partial charge in [-0.2, -0.15) is 0 Å². The topological polar surface area (TPSA) is 43.8 Å². The molecule has 0 amide bonds. The molecule has 8 heteroatoms. The van der Waals surface area contributed by atoms with Crippen LogP contribution in [0.15, 0.2) is 34.6 Å². The van der Waals surface area contributed by atoms with Crippen molar-refractivity contribution in [2.24, 2.45) is 4.99 Å². The molecule has 26 heavy (non-hydrogen) atoms. The number of piperazine rings is 1. The van der Waals surface area contributed by atoms with Crippen molar-refractivity contribution in [1.29, 1.82) is 0 Å². The molecule has 1 aliphatic heterocycles. The zero-order valence-electron chi connectivity index (χ0n) is 15.1. The molecule has 1 fully saturated rings. The van der Waals surface area contributed by atoms with Crippen molar-refractivity contribution in [2.75, 3.05) is 38.1 Å². The van der Waals surface area contributed by atoms with Crippen LogP contribution >= 0.6 is 46.9 Å². The second-order valence-electron chi connectivity index (χ2n) is 5.91. The summed E-state index contributed by atoms with van der Waals surface area (Å²) >= 11 is 8.04. The van der Waals surface area contributed by atoms with E-state index in [0.717, 1.165) is 55.0 Å². The predicted octanol–water partition coefficient (Wildman–Crippen LogP) is 3.87. The number of halogens is 2. The molecule has 1 aromatic carbocycles. The SMILES string of the molecule is CCc1nc(CNC(=NC)N2CCN(c3ccccc3Cl)CC2)cs1.I. The number of anilines is 1. The van der Waals surface area contributed by atoms with E-state index in [-0.39, 0.29) is 24.0 Å². The summed E-state index contributed by atoms with van der Waals surface area (Å²) in [6.07, 6.45) is 0.989. The lowest BCUT2D eigenvalue weighted by atomic mass is 10.2. The average Bonchev–Trinajstić information content (AvgIpc) is 3.11. The van der Waals surface area contributed by atoms with Gasteiger partial charge in [0.2, 0.25) is 0 Å². The Morgan fingerprint density at radius 1 is 1.27 bits per heavy atom. The molecule has 0 atom stereocenters. The Labute approximate surface area is 181 Å². The molecule has 1 saturated heterocycles. The number of thiazole rings is 1. The van der Waals surface area contributed by atoms with E-state index in [9.17, 15) is 0 Å². The Morgan fingerprint density at radius 2 is 2.00 bits per heavy atom. The van der Waals surface area contributed by atoms with Crippen molar-refractivity contribution < 1.29 is 0 Å². The lowest BCUT2D eigenvalue weighted by Gasteiger charge is -2.38. The van der Waals surface area contributed by atoms with Gasteiger partial charge in [0.25, 0.3) is 0 Å². The Morgan fingerprint density at radius 3 is 2.62 bits per heavy atom. The van der Waals surface area contributed by atoms with Crippen molar-refractivity contribution in [3.05, 3.63) is 45.4 Å². The minimum Gasteiger partial charge on any atom is -0.367 e. The van der Waals surface area contributed by atoms with Crippen LogP contribution in [0.1, 0.15) is 17.6 Å². The molecule has 3 rings (SSSR count). The fourth-order valence-electron chi connectivity index (χ4n) is 2.96. The van der Waals surface area contributed by atoms with Crippen molar-refractivity contribution in [1.82, 2.24) is 15.2 Å². The molecule has 0 saturated carbocycles. The summed E-state index contributed by atoms with van der Waals surface area (Å²) in [6, 6.07) is 8.03. The molecule has 1 aliphatic rings. The molecule has 5 nitrogen and oxygen atoms in total. The van der Waals surface area contributed by atoms with Crippen LogP contribution in [0.25, 0.3) is 0 Å². The number of aromatic nitrogens is 1. The lowest BCUT2D eigenvalue weighted by molar-refractivity contribution is 0.372. The number of aryl methyl sites for hydroxylation is 1. The predicted molar refractivity (Wildman–Crippen MR) is 122 cm³/mol. The maximum absolute atomic E-state index is 6.32. The fourth-order valence-corrected chi connectivity index (χ4v) is 3.96. The maximum Gasteiger partial charge on any atom is 0.194 e. The van der Waals surface area contributed by atoms with Gasteiger partial charge in [0, 0.05) is 38.6 Å². The molecular weight excluding hydrogens is 481 g/mol. The number of hydrogen-bond donors (Lipinski definition) is 1. The van der Waals surface area contributed by atoms with E-state index in [1.165, 1.54) is 5.01 Å². The summed E-state index contributed by atoms with van der Waals surface area (Å²) in [5, 5.41) is 7.55. The van der Waals surface area contributed by atoms with Gasteiger partial charge in [-0.25, -0.2) is 4.98 Å². The summed E-state index contributed by atoms with van der Waals surface area (Å²) in [6.45, 7) is 6.55. The van der Waals surface area contributed by atoms with Gasteiger partial charge in [-0.15, -0.1) is 35.3 Å². The third-order valence-electron chi connectivity index (χ3n) is 4.31. The number of guanidine groups is 1. The molecule has 2 aromatic rings. The van der Waals surface area contributed by atoms with Crippen LogP contribution in [0.5, 0.6) is 0 Å². The van der Waals surface area contributed by atoms with Gasteiger partial charge >= 0.3 is 0 Å². The summed E-state index contributed by atoms with van der Waals surface area (Å²) in [4.78, 5) is 13.7. The van der Waals surface area contributed by atoms with Crippen LogP contribution in [-0.4, -0.2) is 49.1 Å². The van der Waals surface area contributed by atoms with E-state index in [1.54, 1.807) is 11.3 Å². The number of rotatable bonds is 4. The minimum atomic E-state index is 0. The van der Waals surface area contributed by atoms with Gasteiger partial charge in [-0.1, -0.05) is 30.7 Å². The van der Waals surface area contributed by atoms with Crippen LogP contribution < -0.4 is 10.2 Å². The van der Waals surface area contributed by atoms with Crippen LogP contribution in [0.2, 0.25) is 5.02 Å². The highest BCUT2D eigenvalue weighted by Crippen LogP contribution is 2.26. The Balaban J connectivity index is 0.00000243. The highest BCUT2D eigenvalue weighted by Gasteiger charge is 2.21. The molecule has 0 aliphatic carbocycles. The first kappa shape index (κ1) is 21.2. The smallest absolute Gasteiger partial charge is 0.194 e. The number of para-hydroxylation sites is 1. The van der Waals surface area contributed by atoms with Crippen molar-refractivity contribution >= 4 is 58.6 Å². The second-order valence-corrected chi connectivity index (χ2v) is 7.26. The Hall–Kier alpha value is -1.06. The number of nitrogens with one attached hydrogen (secondary N) is 1. The van der Waals surface area contributed by atoms with Crippen molar-refractivity contribution in [3.63, 3.8) is 0 Å². The van der Waals surface area contributed by atoms with Crippen LogP contribution in [-0.2, 0) is 13.0 Å². The van der Waals surface area contributed by atoms with Crippen LogP contribution in [0, 0.1) is 0 Å². The fraction of sp³-hybridized carbons (Fsp3) is 0.444. The molecule has 0 unspecified atom stereocenters. The standard InChI is InChI=1S/C18H24ClN5S.HI/c1-3-17-22-14(13-25-17)12-21-18(20-2)24-10-8-23(9-11-24)16-7-5-4-6-15(16)19;/h4-7,13H,3,8-12H2,1-2H3,(H,20,21);1H. The van der Waals surface area contributed by atoms with Gasteiger partial charge in [0.1, 0.15) is 0 Å². The zero-order chi connectivity index (χ0) is 17.6. The van der Waals surface area contributed by atoms with Gasteiger partial charge in [0.05, 0.1) is 28.0 Å². The van der Waals surface area contributed by atoms with E-state index in [0.29, 0.717) is 6.54 Å². The van der Waals surface area contributed by atoms with Gasteiger partial charge in [0.15, 0.2) is 5.96 Å². The third-order valence-corrected chi connectivity index (χ3v) is 5.68. The van der Waals surface area contributed by atoms with Crippen LogP contribution in [0.4, 0.5) is 5.69 Å². The normalized spacial score (nSPS) is 15.0. The van der Waals surface area contributed by atoms with Gasteiger partial charge in [-0.3, -0.25) is 4.99 Å². The van der Waals surface area contributed by atoms with E-state index in [4.69, 9.17) is 11.6 Å². The van der Waals surface area contributed by atoms with E-state index in [2.05, 4.69) is 43.5 Å². The first-order valence-corrected chi connectivity index (χ1v) is 9.85. The Bertz CT molecular complexity index is 728. The third kappa shape index (κ3) is 5.23.